The summed E-state index contributed by atoms with van der Waals surface area (Å²) in [6.45, 7) is 4.80. The summed E-state index contributed by atoms with van der Waals surface area (Å²) in [6, 6.07) is 1.87. The van der Waals surface area contributed by atoms with Crippen molar-refractivity contribution in [2.45, 2.75) is 18.9 Å². The molecule has 3 rings (SSSR count). The molecule has 1 saturated heterocycles. The highest BCUT2D eigenvalue weighted by atomic mass is 16.2. The lowest BCUT2D eigenvalue weighted by atomic mass is 10.0. The zero-order valence-electron chi connectivity index (χ0n) is 16.0. The fourth-order valence-electron chi connectivity index (χ4n) is 3.20. The summed E-state index contributed by atoms with van der Waals surface area (Å²) in [5, 5.41) is 11.1. The van der Waals surface area contributed by atoms with Gasteiger partial charge in [0.1, 0.15) is 0 Å². The van der Waals surface area contributed by atoms with Gasteiger partial charge in [-0.3, -0.25) is 9.59 Å². The molecule has 1 atom stereocenters. The van der Waals surface area contributed by atoms with Crippen LogP contribution in [0.1, 0.15) is 23.3 Å². The molecule has 2 aromatic rings. The van der Waals surface area contributed by atoms with Crippen molar-refractivity contribution in [3.05, 3.63) is 36.8 Å². The second-order valence-electron chi connectivity index (χ2n) is 6.76. The minimum absolute atomic E-state index is 0.0310. The highest BCUT2D eigenvalue weighted by Crippen LogP contribution is 2.22. The monoisotopic (exact) mass is 384 g/mol. The Labute approximate surface area is 163 Å². The summed E-state index contributed by atoms with van der Waals surface area (Å²) in [5.74, 6) is -0.215. The number of nitrogens with two attached hydrogens (primary N) is 1. The number of aromatic nitrogens is 4. The number of hydrogen-bond donors (Lipinski definition) is 2. The lowest BCUT2D eigenvalue weighted by Crippen LogP contribution is -2.48. The molecule has 28 heavy (non-hydrogen) atoms. The first-order valence-corrected chi connectivity index (χ1v) is 8.96. The van der Waals surface area contributed by atoms with Crippen LogP contribution in [0.3, 0.4) is 0 Å². The van der Waals surface area contributed by atoms with E-state index in [0.29, 0.717) is 19.0 Å². The van der Waals surface area contributed by atoms with E-state index in [0.717, 1.165) is 18.5 Å². The van der Waals surface area contributed by atoms with Gasteiger partial charge in [-0.2, -0.15) is 4.98 Å². The Bertz CT molecular complexity index is 893. The van der Waals surface area contributed by atoms with Crippen molar-refractivity contribution in [1.29, 1.82) is 0 Å². The number of aryl methyl sites for hydroxylation is 1. The number of anilines is 3. The number of piperidine rings is 1. The Kier molecular flexibility index (Phi) is 5.57. The smallest absolute Gasteiger partial charge is 0.273 e. The van der Waals surface area contributed by atoms with Crippen molar-refractivity contribution in [2.75, 3.05) is 30.4 Å². The maximum absolute atomic E-state index is 11.9. The molecule has 10 nitrogen and oxygen atoms in total. The summed E-state index contributed by atoms with van der Waals surface area (Å²) in [7, 11) is 3.73. The highest BCUT2D eigenvalue weighted by molar-refractivity contribution is 5.96. The number of primary amides is 1. The topological polar surface area (TPSA) is 122 Å². The van der Waals surface area contributed by atoms with E-state index < -0.39 is 5.91 Å². The van der Waals surface area contributed by atoms with E-state index in [-0.39, 0.29) is 23.5 Å². The van der Waals surface area contributed by atoms with Crippen LogP contribution in [-0.4, -0.2) is 62.6 Å². The van der Waals surface area contributed by atoms with E-state index in [1.165, 1.54) is 6.08 Å². The molecule has 0 spiro atoms. The van der Waals surface area contributed by atoms with Gasteiger partial charge in [0.25, 0.3) is 5.91 Å². The van der Waals surface area contributed by atoms with Gasteiger partial charge in [-0.15, -0.1) is 10.2 Å². The summed E-state index contributed by atoms with van der Waals surface area (Å²) in [5.41, 5.74) is 6.13. The average Bonchev–Trinajstić information content (AvgIpc) is 3.11. The summed E-state index contributed by atoms with van der Waals surface area (Å²) in [4.78, 5) is 31.7. The Morgan fingerprint density at radius 2 is 2.21 bits per heavy atom. The van der Waals surface area contributed by atoms with Crippen LogP contribution in [0, 0.1) is 0 Å². The third-order valence-electron chi connectivity index (χ3n) is 4.75. The van der Waals surface area contributed by atoms with Crippen LogP contribution in [0.2, 0.25) is 0 Å². The van der Waals surface area contributed by atoms with Crippen molar-refractivity contribution in [3.63, 3.8) is 0 Å². The average molecular weight is 384 g/mol. The molecule has 2 aromatic heterocycles. The minimum atomic E-state index is -0.715. The van der Waals surface area contributed by atoms with Gasteiger partial charge < -0.3 is 25.4 Å². The van der Waals surface area contributed by atoms with E-state index in [4.69, 9.17) is 5.73 Å². The molecular formula is C18H24N8O2. The lowest BCUT2D eigenvalue weighted by molar-refractivity contribution is -0.127. The minimum Gasteiger partial charge on any atom is -0.364 e. The third-order valence-corrected chi connectivity index (χ3v) is 4.75. The van der Waals surface area contributed by atoms with E-state index in [1.807, 2.05) is 42.0 Å². The first-order valence-electron chi connectivity index (χ1n) is 8.96. The standard InChI is InChI=1S/C18H24N8O2/c1-4-14(27)26-8-5-6-13(11-26)25(3)18-21-17(15(16(19)28)22-23-18)20-12-7-9-24(2)10-12/h4,7,9-10,13H,1,5-6,8,11H2,2-3H3,(H2,19,28)(H,20,21,23)/t13-/m1/s1. The van der Waals surface area contributed by atoms with E-state index in [1.54, 1.807) is 4.90 Å². The largest absolute Gasteiger partial charge is 0.364 e. The molecule has 1 aliphatic rings. The Morgan fingerprint density at radius 3 is 2.86 bits per heavy atom. The van der Waals surface area contributed by atoms with Gasteiger partial charge in [-0.25, -0.2) is 0 Å². The number of carbonyl (C=O) groups excluding carboxylic acids is 2. The zero-order chi connectivity index (χ0) is 20.3. The van der Waals surface area contributed by atoms with Gasteiger partial charge in [-0.1, -0.05) is 6.58 Å². The van der Waals surface area contributed by atoms with Crippen molar-refractivity contribution >= 4 is 29.3 Å². The number of hydrogen-bond acceptors (Lipinski definition) is 7. The van der Waals surface area contributed by atoms with E-state index >= 15 is 0 Å². The number of amides is 2. The molecule has 3 N–H and O–H groups in total. The Hall–Kier alpha value is -3.43. The van der Waals surface area contributed by atoms with Gasteiger partial charge in [-0.05, 0) is 25.0 Å². The summed E-state index contributed by atoms with van der Waals surface area (Å²) < 4.78 is 1.86. The molecule has 1 aliphatic heterocycles. The third kappa shape index (κ3) is 4.11. The summed E-state index contributed by atoms with van der Waals surface area (Å²) >= 11 is 0. The van der Waals surface area contributed by atoms with Crippen LogP contribution in [-0.2, 0) is 11.8 Å². The lowest BCUT2D eigenvalue weighted by Gasteiger charge is -2.37. The molecule has 0 aromatic carbocycles. The van der Waals surface area contributed by atoms with Crippen LogP contribution in [0.15, 0.2) is 31.1 Å². The van der Waals surface area contributed by atoms with Crippen molar-refractivity contribution in [2.24, 2.45) is 12.8 Å². The fraction of sp³-hybridized carbons (Fsp3) is 0.389. The predicted octanol–water partition coefficient (Wildman–Crippen LogP) is 0.666. The normalized spacial score (nSPS) is 16.5. The SMILES string of the molecule is C=CC(=O)N1CCC[C@@H](N(C)c2nnc(C(N)=O)c(Nc3ccn(C)c3)n2)C1. The fourth-order valence-corrected chi connectivity index (χ4v) is 3.20. The van der Waals surface area contributed by atoms with E-state index in [2.05, 4.69) is 27.1 Å². The predicted molar refractivity (Wildman–Crippen MR) is 105 cm³/mol. The molecule has 2 amide bonds. The zero-order valence-corrected chi connectivity index (χ0v) is 16.0. The van der Waals surface area contributed by atoms with Gasteiger partial charge in [0, 0.05) is 45.6 Å². The van der Waals surface area contributed by atoms with Gasteiger partial charge >= 0.3 is 0 Å². The second kappa shape index (κ2) is 8.07. The number of carbonyl (C=O) groups is 2. The molecular weight excluding hydrogens is 360 g/mol. The maximum atomic E-state index is 11.9. The summed E-state index contributed by atoms with van der Waals surface area (Å²) in [6.07, 6.45) is 6.79. The molecule has 3 heterocycles. The first kappa shape index (κ1) is 19.3. The van der Waals surface area contributed by atoms with Crippen LogP contribution in [0.5, 0.6) is 0 Å². The molecule has 0 radical (unpaired) electrons. The van der Waals surface area contributed by atoms with Crippen LogP contribution >= 0.6 is 0 Å². The van der Waals surface area contributed by atoms with Gasteiger partial charge in [0.2, 0.25) is 11.9 Å². The number of nitrogens with one attached hydrogen (secondary N) is 1. The second-order valence-corrected chi connectivity index (χ2v) is 6.76. The van der Waals surface area contributed by atoms with Crippen molar-refractivity contribution in [1.82, 2.24) is 24.6 Å². The number of likely N-dealkylation sites (N-methyl/N-ethyl adjacent to an activating group) is 1. The molecule has 10 heteroatoms. The number of nitrogens with zero attached hydrogens (tertiary/aromatic N) is 6. The van der Waals surface area contributed by atoms with Crippen LogP contribution < -0.4 is 16.0 Å². The molecule has 148 valence electrons. The van der Waals surface area contributed by atoms with Crippen LogP contribution in [0.25, 0.3) is 0 Å². The first-order chi connectivity index (χ1) is 13.4. The van der Waals surface area contributed by atoms with Crippen molar-refractivity contribution in [3.8, 4) is 0 Å². The molecule has 0 saturated carbocycles. The Morgan fingerprint density at radius 1 is 1.43 bits per heavy atom. The Balaban J connectivity index is 1.84. The molecule has 0 unspecified atom stereocenters. The maximum Gasteiger partial charge on any atom is 0.273 e. The molecule has 1 fully saturated rings. The molecule has 0 aliphatic carbocycles. The number of rotatable bonds is 6. The molecule has 0 bridgehead atoms. The van der Waals surface area contributed by atoms with E-state index in [9.17, 15) is 9.59 Å². The quantitative estimate of drug-likeness (QED) is 0.702. The number of likely N-dealkylation sites (tertiary alicyclic amines) is 1. The van der Waals surface area contributed by atoms with Crippen LogP contribution in [0.4, 0.5) is 17.5 Å². The van der Waals surface area contributed by atoms with Crippen molar-refractivity contribution < 1.29 is 9.59 Å². The van der Waals surface area contributed by atoms with Gasteiger partial charge in [0.05, 0.1) is 5.69 Å². The van der Waals surface area contributed by atoms with Gasteiger partial charge in [0.15, 0.2) is 11.5 Å². The highest BCUT2D eigenvalue weighted by Gasteiger charge is 2.27.